The van der Waals surface area contributed by atoms with Gasteiger partial charge in [0.2, 0.25) is 5.91 Å². The molecule has 1 unspecified atom stereocenters. The van der Waals surface area contributed by atoms with Crippen molar-refractivity contribution in [2.24, 2.45) is 0 Å². The Kier molecular flexibility index (Phi) is 5.84. The lowest BCUT2D eigenvalue weighted by Crippen LogP contribution is -2.36. The Morgan fingerprint density at radius 3 is 2.53 bits per heavy atom. The molecule has 6 heteroatoms. The van der Waals surface area contributed by atoms with Gasteiger partial charge in [0.1, 0.15) is 12.4 Å². The summed E-state index contributed by atoms with van der Waals surface area (Å²) in [4.78, 5) is 30.1. The van der Waals surface area contributed by atoms with E-state index in [9.17, 15) is 9.59 Å². The highest BCUT2D eigenvalue weighted by atomic mass is 16.2. The lowest BCUT2D eigenvalue weighted by molar-refractivity contribution is -0.122. The molecule has 30 heavy (non-hydrogen) atoms. The van der Waals surface area contributed by atoms with Crippen molar-refractivity contribution in [2.75, 3.05) is 0 Å². The molecule has 0 spiro atoms. The highest BCUT2D eigenvalue weighted by Gasteiger charge is 2.22. The Labute approximate surface area is 176 Å². The van der Waals surface area contributed by atoms with Gasteiger partial charge in [-0.3, -0.25) is 9.59 Å². The number of nitrogens with one attached hydrogen (secondary N) is 2. The molecule has 3 aromatic rings. The first kappa shape index (κ1) is 20.1. The topological polar surface area (TPSA) is 76.0 Å². The number of carbonyl (C=O) groups is 2. The van der Waals surface area contributed by atoms with Crippen molar-refractivity contribution in [2.45, 2.75) is 58.2 Å². The number of fused-ring (bicyclic) bond motifs is 1. The van der Waals surface area contributed by atoms with E-state index in [1.165, 1.54) is 12.8 Å². The largest absolute Gasteiger partial charge is 0.352 e. The maximum Gasteiger partial charge on any atom is 0.251 e. The lowest BCUT2D eigenvalue weighted by atomic mass is 10.1. The second-order valence-corrected chi connectivity index (χ2v) is 8.15. The third kappa shape index (κ3) is 4.37. The zero-order valence-electron chi connectivity index (χ0n) is 17.5. The van der Waals surface area contributed by atoms with Crippen LogP contribution < -0.4 is 10.6 Å². The van der Waals surface area contributed by atoms with Crippen molar-refractivity contribution < 1.29 is 9.59 Å². The second kappa shape index (κ2) is 8.69. The molecule has 0 saturated heterocycles. The van der Waals surface area contributed by atoms with Crippen LogP contribution in [0.15, 0.2) is 48.5 Å². The molecule has 1 heterocycles. The molecule has 1 aromatic heterocycles. The molecule has 1 aliphatic rings. The van der Waals surface area contributed by atoms with Crippen LogP contribution in [0.2, 0.25) is 0 Å². The van der Waals surface area contributed by atoms with Gasteiger partial charge in [-0.15, -0.1) is 0 Å². The SMILES string of the molecule is Cc1ccc(C(=O)NC(C)c2nc3ccccc3n2CC(=O)NC2CCCC2)cc1. The molecule has 2 aromatic carbocycles. The van der Waals surface area contributed by atoms with Gasteiger partial charge in [-0.2, -0.15) is 0 Å². The van der Waals surface area contributed by atoms with Gasteiger partial charge >= 0.3 is 0 Å². The van der Waals surface area contributed by atoms with Crippen LogP contribution in [0.25, 0.3) is 11.0 Å². The molecule has 156 valence electrons. The number of benzene rings is 2. The smallest absolute Gasteiger partial charge is 0.251 e. The molecule has 0 bridgehead atoms. The van der Waals surface area contributed by atoms with Crippen molar-refractivity contribution in [1.29, 1.82) is 0 Å². The number of imidazole rings is 1. The maximum atomic E-state index is 12.7. The van der Waals surface area contributed by atoms with E-state index in [4.69, 9.17) is 4.98 Å². The number of carbonyl (C=O) groups excluding carboxylic acids is 2. The third-order valence-electron chi connectivity index (χ3n) is 5.75. The molecule has 4 rings (SSSR count). The number of aromatic nitrogens is 2. The molecule has 0 radical (unpaired) electrons. The van der Waals surface area contributed by atoms with Gasteiger partial charge in [-0.05, 0) is 51.0 Å². The van der Waals surface area contributed by atoms with E-state index in [0.717, 1.165) is 29.4 Å². The first-order chi connectivity index (χ1) is 14.5. The van der Waals surface area contributed by atoms with E-state index in [0.29, 0.717) is 11.4 Å². The fourth-order valence-electron chi connectivity index (χ4n) is 4.13. The lowest BCUT2D eigenvalue weighted by Gasteiger charge is -2.18. The van der Waals surface area contributed by atoms with Crippen molar-refractivity contribution in [1.82, 2.24) is 20.2 Å². The van der Waals surface area contributed by atoms with E-state index in [1.54, 1.807) is 0 Å². The fraction of sp³-hybridized carbons (Fsp3) is 0.375. The molecule has 2 amide bonds. The molecular formula is C24H28N4O2. The van der Waals surface area contributed by atoms with Gasteiger partial charge in [-0.1, -0.05) is 42.7 Å². The summed E-state index contributed by atoms with van der Waals surface area (Å²) in [5.41, 5.74) is 3.42. The fourth-order valence-corrected chi connectivity index (χ4v) is 4.13. The number of aryl methyl sites for hydroxylation is 1. The molecule has 1 aliphatic carbocycles. The van der Waals surface area contributed by atoms with Crippen LogP contribution in [0.1, 0.15) is 60.4 Å². The molecule has 1 saturated carbocycles. The normalized spacial score (nSPS) is 15.3. The minimum Gasteiger partial charge on any atom is -0.352 e. The number of amides is 2. The van der Waals surface area contributed by atoms with E-state index >= 15 is 0 Å². The molecule has 2 N–H and O–H groups in total. The van der Waals surface area contributed by atoms with Crippen molar-refractivity contribution in [3.05, 3.63) is 65.5 Å². The van der Waals surface area contributed by atoms with E-state index in [1.807, 2.05) is 66.9 Å². The van der Waals surface area contributed by atoms with Gasteiger partial charge in [0.05, 0.1) is 17.1 Å². The monoisotopic (exact) mass is 404 g/mol. The second-order valence-electron chi connectivity index (χ2n) is 8.15. The van der Waals surface area contributed by atoms with Gasteiger partial charge < -0.3 is 15.2 Å². The number of para-hydroxylation sites is 2. The molecular weight excluding hydrogens is 376 g/mol. The van der Waals surface area contributed by atoms with E-state index in [2.05, 4.69) is 10.6 Å². The average Bonchev–Trinajstić information content (AvgIpc) is 3.36. The van der Waals surface area contributed by atoms with Crippen LogP contribution in [0.4, 0.5) is 0 Å². The minimum absolute atomic E-state index is 0.0108. The van der Waals surface area contributed by atoms with Gasteiger partial charge in [-0.25, -0.2) is 4.98 Å². The average molecular weight is 405 g/mol. The molecule has 0 aliphatic heterocycles. The summed E-state index contributed by atoms with van der Waals surface area (Å²) in [6.45, 7) is 4.08. The minimum atomic E-state index is -0.342. The Morgan fingerprint density at radius 2 is 1.80 bits per heavy atom. The first-order valence-electron chi connectivity index (χ1n) is 10.6. The molecule has 6 nitrogen and oxygen atoms in total. The van der Waals surface area contributed by atoms with Crippen molar-refractivity contribution in [3.8, 4) is 0 Å². The van der Waals surface area contributed by atoms with Gasteiger partial charge in [0.25, 0.3) is 5.91 Å². The summed E-state index contributed by atoms with van der Waals surface area (Å²) in [7, 11) is 0. The summed E-state index contributed by atoms with van der Waals surface area (Å²) < 4.78 is 1.92. The summed E-state index contributed by atoms with van der Waals surface area (Å²) in [5, 5.41) is 6.17. The Bertz CT molecular complexity index is 1050. The number of hydrogen-bond acceptors (Lipinski definition) is 3. The molecule has 1 atom stereocenters. The van der Waals surface area contributed by atoms with Gasteiger partial charge in [0, 0.05) is 11.6 Å². The quantitative estimate of drug-likeness (QED) is 0.654. The van der Waals surface area contributed by atoms with Crippen molar-refractivity contribution >= 4 is 22.8 Å². The van der Waals surface area contributed by atoms with Crippen LogP contribution in [-0.2, 0) is 11.3 Å². The Balaban J connectivity index is 1.56. The summed E-state index contributed by atoms with van der Waals surface area (Å²) in [5.74, 6) is 0.512. The Hall–Kier alpha value is -3.15. The number of rotatable bonds is 6. The number of nitrogens with zero attached hydrogens (tertiary/aromatic N) is 2. The van der Waals surface area contributed by atoms with Crippen LogP contribution in [0.3, 0.4) is 0 Å². The first-order valence-corrected chi connectivity index (χ1v) is 10.6. The standard InChI is InChI=1S/C24H28N4O2/c1-16-11-13-18(14-12-16)24(30)25-17(2)23-27-20-9-5-6-10-21(20)28(23)15-22(29)26-19-7-3-4-8-19/h5-6,9-14,17,19H,3-4,7-8,15H2,1-2H3,(H,25,30)(H,26,29). The predicted octanol–water partition coefficient (Wildman–Crippen LogP) is 3.89. The number of hydrogen-bond donors (Lipinski definition) is 2. The maximum absolute atomic E-state index is 12.7. The summed E-state index contributed by atoms with van der Waals surface area (Å²) in [6.07, 6.45) is 4.44. The van der Waals surface area contributed by atoms with E-state index < -0.39 is 0 Å². The van der Waals surface area contributed by atoms with Gasteiger partial charge in [0.15, 0.2) is 0 Å². The zero-order chi connectivity index (χ0) is 21.1. The van der Waals surface area contributed by atoms with Crippen LogP contribution in [0, 0.1) is 6.92 Å². The van der Waals surface area contributed by atoms with Crippen molar-refractivity contribution in [3.63, 3.8) is 0 Å². The Morgan fingerprint density at radius 1 is 1.10 bits per heavy atom. The van der Waals surface area contributed by atoms with E-state index in [-0.39, 0.29) is 30.4 Å². The predicted molar refractivity (Wildman–Crippen MR) is 117 cm³/mol. The van der Waals surface area contributed by atoms with Crippen LogP contribution in [-0.4, -0.2) is 27.4 Å². The molecule has 1 fully saturated rings. The third-order valence-corrected chi connectivity index (χ3v) is 5.75. The summed E-state index contributed by atoms with van der Waals surface area (Å²) in [6, 6.07) is 15.2. The van der Waals surface area contributed by atoms with Crippen LogP contribution in [0.5, 0.6) is 0 Å². The highest BCUT2D eigenvalue weighted by molar-refractivity contribution is 5.94. The van der Waals surface area contributed by atoms with Crippen LogP contribution >= 0.6 is 0 Å². The summed E-state index contributed by atoms with van der Waals surface area (Å²) >= 11 is 0. The highest BCUT2D eigenvalue weighted by Crippen LogP contribution is 2.22. The zero-order valence-corrected chi connectivity index (χ0v) is 17.5.